The summed E-state index contributed by atoms with van der Waals surface area (Å²) in [7, 11) is 0. The zero-order valence-corrected chi connectivity index (χ0v) is 15.5. The minimum absolute atomic E-state index is 0.0866. The molecule has 0 spiro atoms. The highest BCUT2D eigenvalue weighted by Crippen LogP contribution is 2.24. The van der Waals surface area contributed by atoms with Gasteiger partial charge in [0, 0.05) is 21.5 Å². The number of benzene rings is 2. The summed E-state index contributed by atoms with van der Waals surface area (Å²) in [6.07, 6.45) is 0.0866. The van der Waals surface area contributed by atoms with Crippen LogP contribution >= 0.6 is 22.9 Å². The number of halogens is 1. The van der Waals surface area contributed by atoms with E-state index in [1.54, 1.807) is 24.3 Å². The first-order chi connectivity index (χ1) is 12.5. The fourth-order valence-corrected chi connectivity index (χ4v) is 3.18. The van der Waals surface area contributed by atoms with Crippen LogP contribution in [0, 0.1) is 6.92 Å². The molecule has 0 aliphatic carbocycles. The van der Waals surface area contributed by atoms with Gasteiger partial charge in [-0.05, 0) is 31.2 Å². The number of aryl methyl sites for hydroxylation is 1. The molecule has 0 saturated heterocycles. The summed E-state index contributed by atoms with van der Waals surface area (Å²) in [6, 6.07) is 14.4. The Bertz CT molecular complexity index is 921. The highest BCUT2D eigenvalue weighted by atomic mass is 35.5. The quantitative estimate of drug-likeness (QED) is 0.671. The van der Waals surface area contributed by atoms with Gasteiger partial charge in [0.2, 0.25) is 5.91 Å². The Morgan fingerprint density at radius 2 is 1.73 bits per heavy atom. The van der Waals surface area contributed by atoms with E-state index in [0.29, 0.717) is 16.3 Å². The van der Waals surface area contributed by atoms with Gasteiger partial charge in [0.15, 0.2) is 0 Å². The molecule has 5 nitrogen and oxygen atoms in total. The summed E-state index contributed by atoms with van der Waals surface area (Å²) in [4.78, 5) is 28.4. The Kier molecular flexibility index (Phi) is 5.65. The molecule has 0 unspecified atom stereocenters. The van der Waals surface area contributed by atoms with Gasteiger partial charge in [-0.2, -0.15) is 0 Å². The fraction of sp³-hybridized carbons (Fsp3) is 0.105. The first-order valence-corrected chi connectivity index (χ1v) is 9.13. The van der Waals surface area contributed by atoms with Crippen LogP contribution in [0.15, 0.2) is 53.9 Å². The summed E-state index contributed by atoms with van der Waals surface area (Å²) in [5.41, 5.74) is 8.03. The molecule has 0 aliphatic rings. The minimum atomic E-state index is -0.409. The van der Waals surface area contributed by atoms with E-state index in [1.165, 1.54) is 16.9 Å². The molecule has 0 atom stereocenters. The molecule has 2 N–H and O–H groups in total. The largest absolute Gasteiger partial charge is 0.273 e. The van der Waals surface area contributed by atoms with E-state index in [0.717, 1.165) is 10.6 Å². The van der Waals surface area contributed by atoms with Crippen LogP contribution < -0.4 is 10.9 Å². The number of hydrogen-bond acceptors (Lipinski definition) is 4. The van der Waals surface area contributed by atoms with Crippen LogP contribution in [0.2, 0.25) is 5.02 Å². The van der Waals surface area contributed by atoms with E-state index in [-0.39, 0.29) is 12.3 Å². The van der Waals surface area contributed by atoms with Crippen molar-refractivity contribution in [2.45, 2.75) is 13.3 Å². The Labute approximate surface area is 160 Å². The van der Waals surface area contributed by atoms with Crippen molar-refractivity contribution < 1.29 is 9.59 Å². The number of hydrogen-bond donors (Lipinski definition) is 2. The minimum Gasteiger partial charge on any atom is -0.273 e. The summed E-state index contributed by atoms with van der Waals surface area (Å²) in [6.45, 7) is 2.03. The lowest BCUT2D eigenvalue weighted by atomic mass is 10.2. The SMILES string of the molecule is Cc1ccc(-c2nc(CC(=O)NNC(=O)c3ccc(Cl)cc3)cs2)cc1. The van der Waals surface area contributed by atoms with E-state index in [4.69, 9.17) is 11.6 Å². The first-order valence-electron chi connectivity index (χ1n) is 7.87. The van der Waals surface area contributed by atoms with Gasteiger partial charge < -0.3 is 0 Å². The van der Waals surface area contributed by atoms with Crippen LogP contribution in [0.1, 0.15) is 21.6 Å². The van der Waals surface area contributed by atoms with Crippen molar-refractivity contribution in [2.75, 3.05) is 0 Å². The van der Waals surface area contributed by atoms with Crippen molar-refractivity contribution in [3.8, 4) is 10.6 Å². The number of nitrogens with zero attached hydrogens (tertiary/aromatic N) is 1. The molecular formula is C19H16ClN3O2S. The second-order valence-electron chi connectivity index (χ2n) is 5.70. The standard InChI is InChI=1S/C19H16ClN3O2S/c1-12-2-4-14(5-3-12)19-21-16(11-26-19)10-17(24)22-23-18(25)13-6-8-15(20)9-7-13/h2-9,11H,10H2,1H3,(H,22,24)(H,23,25). The van der Waals surface area contributed by atoms with Crippen molar-refractivity contribution in [2.24, 2.45) is 0 Å². The average Bonchev–Trinajstić information content (AvgIpc) is 3.09. The van der Waals surface area contributed by atoms with Crippen LogP contribution in [0.3, 0.4) is 0 Å². The Morgan fingerprint density at radius 1 is 1.04 bits per heavy atom. The van der Waals surface area contributed by atoms with E-state index >= 15 is 0 Å². The number of rotatable bonds is 4. The van der Waals surface area contributed by atoms with Gasteiger partial charge in [0.05, 0.1) is 12.1 Å². The van der Waals surface area contributed by atoms with Crippen molar-refractivity contribution >= 4 is 34.8 Å². The smallest absolute Gasteiger partial charge is 0.269 e. The zero-order valence-electron chi connectivity index (χ0n) is 14.0. The molecule has 26 heavy (non-hydrogen) atoms. The van der Waals surface area contributed by atoms with Crippen LogP contribution in [-0.2, 0) is 11.2 Å². The molecule has 7 heteroatoms. The summed E-state index contributed by atoms with van der Waals surface area (Å²) in [5.74, 6) is -0.748. The lowest BCUT2D eigenvalue weighted by Crippen LogP contribution is -2.42. The first kappa shape index (κ1) is 18.1. The molecule has 3 rings (SSSR count). The zero-order chi connectivity index (χ0) is 18.5. The van der Waals surface area contributed by atoms with E-state index in [2.05, 4.69) is 15.8 Å². The number of carbonyl (C=O) groups excluding carboxylic acids is 2. The Morgan fingerprint density at radius 3 is 2.42 bits per heavy atom. The van der Waals surface area contributed by atoms with Gasteiger partial charge >= 0.3 is 0 Å². The van der Waals surface area contributed by atoms with E-state index < -0.39 is 5.91 Å². The van der Waals surface area contributed by atoms with Gasteiger partial charge in [-0.3, -0.25) is 20.4 Å². The van der Waals surface area contributed by atoms with Gasteiger partial charge in [-0.25, -0.2) is 4.98 Å². The third-order valence-corrected chi connectivity index (χ3v) is 4.81. The highest BCUT2D eigenvalue weighted by Gasteiger charge is 2.11. The number of thiazole rings is 1. The lowest BCUT2D eigenvalue weighted by molar-refractivity contribution is -0.121. The van der Waals surface area contributed by atoms with E-state index in [9.17, 15) is 9.59 Å². The molecule has 2 amide bonds. The van der Waals surface area contributed by atoms with Crippen LogP contribution in [0.25, 0.3) is 10.6 Å². The maximum atomic E-state index is 12.0. The maximum Gasteiger partial charge on any atom is 0.269 e. The summed E-state index contributed by atoms with van der Waals surface area (Å²) >= 11 is 7.26. The monoisotopic (exact) mass is 385 g/mol. The number of aromatic nitrogens is 1. The van der Waals surface area contributed by atoms with Gasteiger partial charge in [0.25, 0.3) is 5.91 Å². The number of amides is 2. The molecule has 0 aliphatic heterocycles. The molecule has 1 heterocycles. The summed E-state index contributed by atoms with van der Waals surface area (Å²) < 4.78 is 0. The molecule has 0 saturated carbocycles. The van der Waals surface area contributed by atoms with Crippen molar-refractivity contribution in [3.63, 3.8) is 0 Å². The van der Waals surface area contributed by atoms with Gasteiger partial charge in [-0.1, -0.05) is 41.4 Å². The molecule has 0 fully saturated rings. The number of hydrazine groups is 1. The van der Waals surface area contributed by atoms with Crippen molar-refractivity contribution in [1.82, 2.24) is 15.8 Å². The molecule has 2 aromatic carbocycles. The predicted octanol–water partition coefficient (Wildman–Crippen LogP) is 3.78. The lowest BCUT2D eigenvalue weighted by Gasteiger charge is -2.06. The van der Waals surface area contributed by atoms with Crippen LogP contribution in [-0.4, -0.2) is 16.8 Å². The number of carbonyl (C=O) groups is 2. The van der Waals surface area contributed by atoms with Gasteiger partial charge in [-0.15, -0.1) is 11.3 Å². The Balaban J connectivity index is 1.54. The number of nitrogens with one attached hydrogen (secondary N) is 2. The topological polar surface area (TPSA) is 71.1 Å². The average molecular weight is 386 g/mol. The molecule has 1 aromatic heterocycles. The van der Waals surface area contributed by atoms with Crippen LogP contribution in [0.5, 0.6) is 0 Å². The highest BCUT2D eigenvalue weighted by molar-refractivity contribution is 7.13. The molecule has 0 radical (unpaired) electrons. The second-order valence-corrected chi connectivity index (χ2v) is 6.99. The van der Waals surface area contributed by atoms with Crippen molar-refractivity contribution in [1.29, 1.82) is 0 Å². The molecule has 132 valence electrons. The second kappa shape index (κ2) is 8.12. The normalized spacial score (nSPS) is 10.4. The summed E-state index contributed by atoms with van der Waals surface area (Å²) in [5, 5.41) is 3.24. The fourth-order valence-electron chi connectivity index (χ4n) is 2.23. The van der Waals surface area contributed by atoms with Gasteiger partial charge in [0.1, 0.15) is 5.01 Å². The predicted molar refractivity (Wildman–Crippen MR) is 103 cm³/mol. The van der Waals surface area contributed by atoms with Crippen molar-refractivity contribution in [3.05, 3.63) is 75.8 Å². The van der Waals surface area contributed by atoms with E-state index in [1.807, 2.05) is 36.6 Å². The molecule has 3 aromatic rings. The molecular weight excluding hydrogens is 370 g/mol. The third kappa shape index (κ3) is 4.68. The van der Waals surface area contributed by atoms with Crippen LogP contribution in [0.4, 0.5) is 0 Å². The third-order valence-electron chi connectivity index (χ3n) is 3.61. The maximum absolute atomic E-state index is 12.0. The molecule has 0 bridgehead atoms. The Hall–Kier alpha value is -2.70.